The average molecular weight is 469 g/mol. The lowest BCUT2D eigenvalue weighted by Crippen LogP contribution is -2.27. The van der Waals surface area contributed by atoms with Crippen molar-refractivity contribution >= 4 is 17.6 Å². The van der Waals surface area contributed by atoms with E-state index in [1.54, 1.807) is 23.1 Å². The lowest BCUT2D eigenvalue weighted by atomic mass is 9.97. The molecule has 2 aromatic heterocycles. The zero-order valence-electron chi connectivity index (χ0n) is 19.2. The van der Waals surface area contributed by atoms with Crippen LogP contribution in [0.25, 0.3) is 16.9 Å². The smallest absolute Gasteiger partial charge is 0.303 e. The van der Waals surface area contributed by atoms with Crippen LogP contribution in [0.3, 0.4) is 0 Å². The Morgan fingerprint density at radius 3 is 2.60 bits per heavy atom. The third-order valence-electron chi connectivity index (χ3n) is 5.94. The van der Waals surface area contributed by atoms with E-state index < -0.39 is 12.0 Å². The Labute approximate surface area is 202 Å². The number of carbonyl (C=O) groups is 2. The van der Waals surface area contributed by atoms with Gasteiger partial charge in [-0.25, -0.2) is 9.69 Å². The number of aliphatic carboxylic acids is 1. The van der Waals surface area contributed by atoms with Crippen molar-refractivity contribution in [3.63, 3.8) is 0 Å². The zero-order chi connectivity index (χ0) is 24.4. The molecule has 0 aliphatic carbocycles. The lowest BCUT2D eigenvalue weighted by molar-refractivity contribution is -0.141. The summed E-state index contributed by atoms with van der Waals surface area (Å²) < 4.78 is 7.35. The number of benzene rings is 2. The van der Waals surface area contributed by atoms with Crippen LogP contribution in [0.15, 0.2) is 88.7 Å². The molecule has 0 saturated carbocycles. The minimum atomic E-state index is -1.03. The molecule has 0 saturated heterocycles. The van der Waals surface area contributed by atoms with E-state index in [0.29, 0.717) is 17.9 Å². The summed E-state index contributed by atoms with van der Waals surface area (Å²) in [4.78, 5) is 24.2. The van der Waals surface area contributed by atoms with E-state index in [-0.39, 0.29) is 18.7 Å². The van der Waals surface area contributed by atoms with Crippen LogP contribution in [-0.2, 0) is 9.59 Å². The number of aromatic nitrogens is 2. The molecule has 1 N–H and O–H groups in total. The molecule has 1 amide bonds. The first-order valence-electron chi connectivity index (χ1n) is 11.4. The maximum atomic E-state index is 13.1. The number of carboxylic acid groups (broad SMARTS) is 1. The van der Waals surface area contributed by atoms with Gasteiger partial charge in [-0.05, 0) is 37.3 Å². The number of hydrazone groups is 1. The fraction of sp³-hybridized carbons (Fsp3) is 0.185. The molecule has 1 atom stereocenters. The normalized spacial score (nSPS) is 15.3. The van der Waals surface area contributed by atoms with E-state index in [2.05, 4.69) is 11.2 Å². The van der Waals surface area contributed by atoms with Gasteiger partial charge in [0.1, 0.15) is 11.5 Å². The largest absolute Gasteiger partial charge is 0.481 e. The number of amides is 1. The average Bonchev–Trinajstić information content (AvgIpc) is 3.62. The fourth-order valence-corrected chi connectivity index (χ4v) is 4.26. The van der Waals surface area contributed by atoms with Gasteiger partial charge in [0.2, 0.25) is 5.91 Å². The highest BCUT2D eigenvalue weighted by Crippen LogP contribution is 2.39. The van der Waals surface area contributed by atoms with Crippen LogP contribution in [0.4, 0.5) is 0 Å². The monoisotopic (exact) mass is 468 g/mol. The molecule has 0 unspecified atom stereocenters. The van der Waals surface area contributed by atoms with Crippen molar-refractivity contribution in [1.82, 2.24) is 14.8 Å². The van der Waals surface area contributed by atoms with Gasteiger partial charge in [0.25, 0.3) is 0 Å². The van der Waals surface area contributed by atoms with Crippen molar-refractivity contribution in [3.8, 4) is 16.9 Å². The maximum absolute atomic E-state index is 13.1. The molecule has 2 aromatic carbocycles. The Hall–Kier alpha value is -4.46. The van der Waals surface area contributed by atoms with Crippen LogP contribution in [0, 0.1) is 6.92 Å². The summed E-state index contributed by atoms with van der Waals surface area (Å²) in [7, 11) is 0. The summed E-state index contributed by atoms with van der Waals surface area (Å²) in [5.41, 5.74) is 5.12. The van der Waals surface area contributed by atoms with Crippen LogP contribution in [0.1, 0.15) is 42.2 Å². The van der Waals surface area contributed by atoms with Crippen LogP contribution >= 0.6 is 0 Å². The molecule has 1 aliphatic rings. The van der Waals surface area contributed by atoms with Gasteiger partial charge >= 0.3 is 5.97 Å². The lowest BCUT2D eigenvalue weighted by Gasteiger charge is -2.21. The highest BCUT2D eigenvalue weighted by atomic mass is 16.4. The Balaban J connectivity index is 1.60. The van der Waals surface area contributed by atoms with E-state index in [4.69, 9.17) is 14.6 Å². The second kappa shape index (κ2) is 9.42. The second-order valence-electron chi connectivity index (χ2n) is 8.46. The van der Waals surface area contributed by atoms with Crippen molar-refractivity contribution in [2.24, 2.45) is 5.10 Å². The van der Waals surface area contributed by atoms with E-state index in [9.17, 15) is 9.59 Å². The molecule has 4 aromatic rings. The van der Waals surface area contributed by atoms with Gasteiger partial charge in [0.15, 0.2) is 0 Å². The Morgan fingerprint density at radius 2 is 1.89 bits per heavy atom. The molecule has 3 heterocycles. The molecule has 35 heavy (non-hydrogen) atoms. The first-order chi connectivity index (χ1) is 17.0. The van der Waals surface area contributed by atoms with E-state index in [1.165, 1.54) is 5.01 Å². The minimum absolute atomic E-state index is 0.145. The Morgan fingerprint density at radius 1 is 1.06 bits per heavy atom. The molecular formula is C27H24N4O4. The first-order valence-corrected chi connectivity index (χ1v) is 11.4. The molecule has 0 spiro atoms. The number of hydrogen-bond acceptors (Lipinski definition) is 5. The van der Waals surface area contributed by atoms with Gasteiger partial charge in [-0.3, -0.25) is 9.59 Å². The van der Waals surface area contributed by atoms with Gasteiger partial charge in [0.05, 0.1) is 30.1 Å². The number of hydrogen-bond donors (Lipinski definition) is 1. The molecule has 8 nitrogen and oxygen atoms in total. The van der Waals surface area contributed by atoms with Crippen LogP contribution in [-0.4, -0.2) is 37.5 Å². The molecule has 5 rings (SSSR count). The van der Waals surface area contributed by atoms with Crippen molar-refractivity contribution in [3.05, 3.63) is 96.1 Å². The van der Waals surface area contributed by atoms with Crippen molar-refractivity contribution in [1.29, 1.82) is 0 Å². The number of aryl methyl sites for hydroxylation is 1. The van der Waals surface area contributed by atoms with Crippen molar-refractivity contribution in [2.75, 3.05) is 0 Å². The molecule has 8 heteroatoms. The summed E-state index contributed by atoms with van der Waals surface area (Å²) in [5.74, 6) is -0.806. The number of furan rings is 1. The molecule has 0 fully saturated rings. The SMILES string of the molecule is Cc1cccc(-c2nn(-c3ccccc3)cc2[C@H]2CC(c3ccco3)=NN2C(=O)CCC(=O)O)c1. The number of para-hydroxylation sites is 1. The number of carbonyl (C=O) groups excluding carboxylic acids is 1. The maximum Gasteiger partial charge on any atom is 0.303 e. The van der Waals surface area contributed by atoms with Gasteiger partial charge in [0, 0.05) is 30.2 Å². The first kappa shape index (κ1) is 22.3. The molecule has 1 aliphatic heterocycles. The molecule has 0 bridgehead atoms. The van der Waals surface area contributed by atoms with Crippen LogP contribution < -0.4 is 0 Å². The van der Waals surface area contributed by atoms with E-state index in [0.717, 1.165) is 28.1 Å². The third-order valence-corrected chi connectivity index (χ3v) is 5.94. The van der Waals surface area contributed by atoms with E-state index >= 15 is 0 Å². The van der Waals surface area contributed by atoms with Crippen molar-refractivity contribution in [2.45, 2.75) is 32.2 Å². The van der Waals surface area contributed by atoms with E-state index in [1.807, 2.05) is 61.7 Å². The molecule has 0 radical (unpaired) electrons. The zero-order valence-corrected chi connectivity index (χ0v) is 19.2. The quantitative estimate of drug-likeness (QED) is 0.412. The second-order valence-corrected chi connectivity index (χ2v) is 8.46. The Bertz CT molecular complexity index is 1390. The molecule has 176 valence electrons. The predicted molar refractivity (Wildman–Crippen MR) is 130 cm³/mol. The Kier molecular flexibility index (Phi) is 6.01. The minimum Gasteiger partial charge on any atom is -0.481 e. The standard InChI is InChI=1S/C27H24N4O4/c1-18-7-5-8-19(15-18)27-21(17-30(29-27)20-9-3-2-4-10-20)23-16-22(24-11-6-14-35-24)28-31(23)25(32)12-13-26(33)34/h2-11,14-15,17,23H,12-13,16H2,1H3,(H,33,34)/t23-/m1/s1. The van der Waals surface area contributed by atoms with Crippen LogP contribution in [0.5, 0.6) is 0 Å². The highest BCUT2D eigenvalue weighted by Gasteiger charge is 2.37. The summed E-state index contributed by atoms with van der Waals surface area (Å²) in [6.45, 7) is 2.02. The number of rotatable bonds is 7. The summed E-state index contributed by atoms with van der Waals surface area (Å²) in [5, 5.41) is 20.0. The number of carboxylic acids is 1. The topological polar surface area (TPSA) is 101 Å². The highest BCUT2D eigenvalue weighted by molar-refractivity contribution is 6.01. The summed E-state index contributed by atoms with van der Waals surface area (Å²) in [6.07, 6.45) is 3.50. The van der Waals surface area contributed by atoms with Crippen molar-refractivity contribution < 1.29 is 19.1 Å². The van der Waals surface area contributed by atoms with Gasteiger partial charge in [-0.15, -0.1) is 0 Å². The third kappa shape index (κ3) is 4.63. The predicted octanol–water partition coefficient (Wildman–Crippen LogP) is 4.98. The van der Waals surface area contributed by atoms with Crippen LogP contribution in [0.2, 0.25) is 0 Å². The summed E-state index contributed by atoms with van der Waals surface area (Å²) in [6, 6.07) is 20.9. The number of nitrogens with zero attached hydrogens (tertiary/aromatic N) is 4. The fourth-order valence-electron chi connectivity index (χ4n) is 4.26. The van der Waals surface area contributed by atoms with Gasteiger partial charge in [-0.2, -0.15) is 10.2 Å². The van der Waals surface area contributed by atoms with Gasteiger partial charge in [-0.1, -0.05) is 42.0 Å². The summed E-state index contributed by atoms with van der Waals surface area (Å²) >= 11 is 0. The molecular weight excluding hydrogens is 444 g/mol. The van der Waals surface area contributed by atoms with Gasteiger partial charge < -0.3 is 9.52 Å².